The number of benzene rings is 4. The molecular weight excluding hydrogens is 440 g/mol. The molecule has 0 amide bonds. The number of hydrogen-bond donors (Lipinski definition) is 0. The van der Waals surface area contributed by atoms with Gasteiger partial charge >= 0.3 is 5.97 Å². The molecule has 6 rings (SSSR count). The third-order valence-electron chi connectivity index (χ3n) is 5.96. The highest BCUT2D eigenvalue weighted by Gasteiger charge is 2.38. The number of aromatic nitrogens is 2. The van der Waals surface area contributed by atoms with Gasteiger partial charge in [-0.05, 0) is 22.9 Å². The van der Waals surface area contributed by atoms with Crippen molar-refractivity contribution in [2.45, 2.75) is 0 Å². The van der Waals surface area contributed by atoms with Crippen molar-refractivity contribution in [3.63, 3.8) is 0 Å². The van der Waals surface area contributed by atoms with Crippen molar-refractivity contribution in [1.29, 1.82) is 0 Å². The Bertz CT molecular complexity index is 1730. The van der Waals surface area contributed by atoms with Gasteiger partial charge in [0, 0.05) is 11.1 Å². The Labute approximate surface area is 191 Å². The fraction of sp³-hybridized carbons (Fsp3) is 0.0385. The van der Waals surface area contributed by atoms with E-state index in [1.807, 2.05) is 36.4 Å². The van der Waals surface area contributed by atoms with Crippen molar-refractivity contribution in [3.8, 4) is 0 Å². The van der Waals surface area contributed by atoms with Crippen LogP contribution in [-0.4, -0.2) is 34.6 Å². The fourth-order valence-corrected chi connectivity index (χ4v) is 4.74. The summed E-state index contributed by atoms with van der Waals surface area (Å²) < 4.78 is 4.99. The summed E-state index contributed by atoms with van der Waals surface area (Å²) in [7, 11) is 1.21. The third-order valence-corrected chi connectivity index (χ3v) is 6.32. The number of nitrogens with zero attached hydrogens (tertiary/aromatic N) is 2. The SMILES string of the molecule is COC(=O)c1c2c(c(Cl)c3nc4cc5ccccc5cc4nc13)C(=O)c1ccccc1C2=O. The lowest BCUT2D eigenvalue weighted by molar-refractivity contribution is 0.0599. The van der Waals surface area contributed by atoms with Crippen LogP contribution in [0.15, 0.2) is 60.7 Å². The Hall–Kier alpha value is -4.16. The molecule has 0 fully saturated rings. The van der Waals surface area contributed by atoms with Gasteiger partial charge in [0.05, 0.1) is 39.9 Å². The molecule has 33 heavy (non-hydrogen) atoms. The molecule has 158 valence electrons. The molecule has 6 nitrogen and oxygen atoms in total. The van der Waals surface area contributed by atoms with E-state index < -0.39 is 17.5 Å². The summed E-state index contributed by atoms with van der Waals surface area (Å²) in [4.78, 5) is 49.1. The highest BCUT2D eigenvalue weighted by atomic mass is 35.5. The Morgan fingerprint density at radius 2 is 1.30 bits per heavy atom. The van der Waals surface area contributed by atoms with Gasteiger partial charge in [-0.15, -0.1) is 0 Å². The number of hydrogen-bond acceptors (Lipinski definition) is 6. The van der Waals surface area contributed by atoms with E-state index in [9.17, 15) is 14.4 Å². The number of ketones is 2. The zero-order chi connectivity index (χ0) is 22.9. The number of rotatable bonds is 1. The van der Waals surface area contributed by atoms with Crippen LogP contribution in [-0.2, 0) is 4.74 Å². The van der Waals surface area contributed by atoms with E-state index in [4.69, 9.17) is 16.3 Å². The lowest BCUT2D eigenvalue weighted by Crippen LogP contribution is -2.25. The van der Waals surface area contributed by atoms with Gasteiger partial charge in [-0.2, -0.15) is 0 Å². The summed E-state index contributed by atoms with van der Waals surface area (Å²) in [6.45, 7) is 0. The third kappa shape index (κ3) is 2.64. The first-order chi connectivity index (χ1) is 16.0. The maximum absolute atomic E-state index is 13.5. The summed E-state index contributed by atoms with van der Waals surface area (Å²) in [5.41, 5.74) is 1.53. The second-order valence-electron chi connectivity index (χ2n) is 7.74. The number of carbonyl (C=O) groups is 3. The maximum atomic E-state index is 13.5. The first kappa shape index (κ1) is 19.5. The summed E-state index contributed by atoms with van der Waals surface area (Å²) in [6, 6.07) is 17.9. The Kier molecular flexibility index (Phi) is 4.09. The van der Waals surface area contributed by atoms with Crippen LogP contribution in [0.25, 0.3) is 32.8 Å². The van der Waals surface area contributed by atoms with Crippen molar-refractivity contribution in [1.82, 2.24) is 9.97 Å². The van der Waals surface area contributed by atoms with Gasteiger partial charge < -0.3 is 4.74 Å². The molecule has 0 bridgehead atoms. The largest absolute Gasteiger partial charge is 0.465 e. The van der Waals surface area contributed by atoms with E-state index in [2.05, 4.69) is 9.97 Å². The standard InChI is InChI=1S/C26H13ClN2O4/c1-33-26(32)20-18-19(25(31)15-9-5-4-8-14(15)24(18)30)21(27)23-22(20)28-16-10-12-6-2-3-7-13(12)11-17(16)29-23/h2-11H,1H3. The van der Waals surface area contributed by atoms with E-state index in [1.54, 1.807) is 24.3 Å². The smallest absolute Gasteiger partial charge is 0.340 e. The van der Waals surface area contributed by atoms with Gasteiger partial charge in [0.1, 0.15) is 11.0 Å². The molecule has 5 aromatic rings. The van der Waals surface area contributed by atoms with Crippen LogP contribution >= 0.6 is 11.6 Å². The summed E-state index contributed by atoms with van der Waals surface area (Å²) in [5.74, 6) is -1.72. The van der Waals surface area contributed by atoms with Crippen molar-refractivity contribution in [2.75, 3.05) is 7.11 Å². The first-order valence-electron chi connectivity index (χ1n) is 10.1. The van der Waals surface area contributed by atoms with E-state index in [1.165, 1.54) is 7.11 Å². The molecule has 4 aromatic carbocycles. The van der Waals surface area contributed by atoms with Crippen LogP contribution in [0.2, 0.25) is 5.02 Å². The van der Waals surface area contributed by atoms with E-state index in [0.717, 1.165) is 10.8 Å². The Morgan fingerprint density at radius 3 is 1.88 bits per heavy atom. The molecule has 0 N–H and O–H groups in total. The molecule has 7 heteroatoms. The van der Waals surface area contributed by atoms with Gasteiger partial charge in [-0.1, -0.05) is 60.1 Å². The van der Waals surface area contributed by atoms with Crippen LogP contribution in [0.3, 0.4) is 0 Å². The second kappa shape index (κ2) is 6.92. The van der Waals surface area contributed by atoms with Gasteiger partial charge in [0.15, 0.2) is 11.6 Å². The molecule has 0 radical (unpaired) electrons. The van der Waals surface area contributed by atoms with Crippen LogP contribution in [0.5, 0.6) is 0 Å². The topological polar surface area (TPSA) is 86.2 Å². The highest BCUT2D eigenvalue weighted by molar-refractivity contribution is 6.44. The molecule has 0 unspecified atom stereocenters. The van der Waals surface area contributed by atoms with E-state index >= 15 is 0 Å². The molecular formula is C26H13ClN2O4. The molecule has 0 saturated carbocycles. The van der Waals surface area contributed by atoms with Crippen molar-refractivity contribution < 1.29 is 19.1 Å². The Balaban J connectivity index is 1.80. The molecule has 1 aromatic heterocycles. The monoisotopic (exact) mass is 452 g/mol. The number of methoxy groups -OCH3 is 1. The predicted molar refractivity (Wildman–Crippen MR) is 124 cm³/mol. The minimum Gasteiger partial charge on any atom is -0.465 e. The quantitative estimate of drug-likeness (QED) is 0.253. The number of ether oxygens (including phenoxy) is 1. The normalized spacial score (nSPS) is 12.8. The van der Waals surface area contributed by atoms with Crippen LogP contribution in [0.1, 0.15) is 42.2 Å². The van der Waals surface area contributed by atoms with E-state index in [0.29, 0.717) is 11.0 Å². The maximum Gasteiger partial charge on any atom is 0.340 e. The number of esters is 1. The van der Waals surface area contributed by atoms with Crippen LogP contribution in [0, 0.1) is 0 Å². The average Bonchev–Trinajstić information content (AvgIpc) is 2.84. The minimum atomic E-state index is -0.789. The zero-order valence-electron chi connectivity index (χ0n) is 17.2. The van der Waals surface area contributed by atoms with Crippen LogP contribution in [0.4, 0.5) is 0 Å². The lowest BCUT2D eigenvalue weighted by atomic mass is 9.81. The lowest BCUT2D eigenvalue weighted by Gasteiger charge is -2.22. The number of halogens is 1. The fourth-order valence-electron chi connectivity index (χ4n) is 4.43. The van der Waals surface area contributed by atoms with Crippen molar-refractivity contribution in [2.24, 2.45) is 0 Å². The first-order valence-corrected chi connectivity index (χ1v) is 10.5. The summed E-state index contributed by atoms with van der Waals surface area (Å²) in [5, 5.41) is 1.90. The van der Waals surface area contributed by atoms with Gasteiger partial charge in [-0.3, -0.25) is 9.59 Å². The van der Waals surface area contributed by atoms with Gasteiger partial charge in [0.25, 0.3) is 0 Å². The van der Waals surface area contributed by atoms with Gasteiger partial charge in [-0.25, -0.2) is 14.8 Å². The van der Waals surface area contributed by atoms with Gasteiger partial charge in [0.2, 0.25) is 0 Å². The molecule has 0 saturated heterocycles. The van der Waals surface area contributed by atoms with Crippen molar-refractivity contribution >= 4 is 62.0 Å². The molecule has 0 atom stereocenters. The summed E-state index contributed by atoms with van der Waals surface area (Å²) >= 11 is 6.70. The number of fused-ring (bicyclic) bond motifs is 5. The zero-order valence-corrected chi connectivity index (χ0v) is 17.9. The second-order valence-corrected chi connectivity index (χ2v) is 8.12. The molecule has 1 aliphatic carbocycles. The Morgan fingerprint density at radius 1 is 0.788 bits per heavy atom. The minimum absolute atomic E-state index is 0.0111. The number of carbonyl (C=O) groups excluding carboxylic acids is 3. The molecule has 0 spiro atoms. The summed E-state index contributed by atoms with van der Waals surface area (Å²) in [6.07, 6.45) is 0. The molecule has 1 heterocycles. The predicted octanol–water partition coefficient (Wildman–Crippen LogP) is 5.15. The molecule has 0 aliphatic heterocycles. The average molecular weight is 453 g/mol. The van der Waals surface area contributed by atoms with Crippen molar-refractivity contribution in [3.05, 3.63) is 93.5 Å². The van der Waals surface area contributed by atoms with E-state index in [-0.39, 0.29) is 43.9 Å². The highest BCUT2D eigenvalue weighted by Crippen LogP contribution is 2.40. The van der Waals surface area contributed by atoms with Crippen LogP contribution < -0.4 is 0 Å². The molecule has 1 aliphatic rings.